The molecule has 1 aliphatic heterocycles. The average molecular weight is 354 g/mol. The first-order chi connectivity index (χ1) is 12.8. The third-order valence-electron chi connectivity index (χ3n) is 4.92. The Morgan fingerprint density at radius 1 is 1.19 bits per heavy atom. The van der Waals surface area contributed by atoms with Gasteiger partial charge >= 0.3 is 0 Å². The van der Waals surface area contributed by atoms with Crippen molar-refractivity contribution in [2.75, 3.05) is 26.2 Å². The van der Waals surface area contributed by atoms with E-state index < -0.39 is 0 Å². The van der Waals surface area contributed by atoms with E-state index in [1.165, 1.54) is 24.9 Å². The van der Waals surface area contributed by atoms with Gasteiger partial charge in [0, 0.05) is 25.6 Å². The van der Waals surface area contributed by atoms with Crippen molar-refractivity contribution < 1.29 is 4.42 Å². The second kappa shape index (κ2) is 10.0. The lowest BCUT2D eigenvalue weighted by Crippen LogP contribution is -2.45. The molecule has 26 heavy (non-hydrogen) atoms. The van der Waals surface area contributed by atoms with Gasteiger partial charge in [-0.3, -0.25) is 4.90 Å². The predicted molar refractivity (Wildman–Crippen MR) is 106 cm³/mol. The summed E-state index contributed by atoms with van der Waals surface area (Å²) >= 11 is 0. The van der Waals surface area contributed by atoms with Crippen LogP contribution in [0.3, 0.4) is 0 Å². The predicted octanol–water partition coefficient (Wildman–Crippen LogP) is 3.04. The zero-order valence-corrected chi connectivity index (χ0v) is 15.7. The summed E-state index contributed by atoms with van der Waals surface area (Å²) in [5.74, 6) is 1.87. The third kappa shape index (κ3) is 5.63. The molecule has 5 heteroatoms. The molecule has 0 amide bonds. The van der Waals surface area contributed by atoms with Gasteiger partial charge in [-0.15, -0.1) is 0 Å². The SMILES string of the molecule is CCN1CCCC1CNC(=NCc1ccccc1)NCCc1ccco1. The van der Waals surface area contributed by atoms with Crippen molar-refractivity contribution in [2.24, 2.45) is 4.99 Å². The second-order valence-corrected chi connectivity index (χ2v) is 6.71. The van der Waals surface area contributed by atoms with E-state index in [1.54, 1.807) is 6.26 Å². The van der Waals surface area contributed by atoms with E-state index in [0.717, 1.165) is 37.8 Å². The van der Waals surface area contributed by atoms with Crippen LogP contribution in [0.2, 0.25) is 0 Å². The Hall–Kier alpha value is -2.27. The fourth-order valence-corrected chi connectivity index (χ4v) is 3.44. The summed E-state index contributed by atoms with van der Waals surface area (Å²) in [7, 11) is 0. The van der Waals surface area contributed by atoms with Crippen LogP contribution in [0.25, 0.3) is 0 Å². The lowest BCUT2D eigenvalue weighted by Gasteiger charge is -2.24. The Morgan fingerprint density at radius 2 is 2.08 bits per heavy atom. The van der Waals surface area contributed by atoms with Crippen molar-refractivity contribution in [3.05, 3.63) is 60.1 Å². The molecule has 0 aliphatic carbocycles. The molecule has 140 valence electrons. The van der Waals surface area contributed by atoms with Crippen LogP contribution >= 0.6 is 0 Å². The van der Waals surface area contributed by atoms with E-state index in [9.17, 15) is 0 Å². The molecule has 1 aromatic carbocycles. The molecule has 1 fully saturated rings. The molecule has 1 aromatic heterocycles. The molecule has 5 nitrogen and oxygen atoms in total. The first-order valence-corrected chi connectivity index (χ1v) is 9.67. The fourth-order valence-electron chi connectivity index (χ4n) is 3.44. The van der Waals surface area contributed by atoms with Gasteiger partial charge in [-0.1, -0.05) is 37.3 Å². The van der Waals surface area contributed by atoms with E-state index in [4.69, 9.17) is 9.41 Å². The molecular weight excluding hydrogens is 324 g/mol. The van der Waals surface area contributed by atoms with Gasteiger partial charge in [-0.2, -0.15) is 0 Å². The number of nitrogens with one attached hydrogen (secondary N) is 2. The molecule has 2 aromatic rings. The zero-order chi connectivity index (χ0) is 18.0. The highest BCUT2D eigenvalue weighted by atomic mass is 16.3. The topological polar surface area (TPSA) is 52.8 Å². The lowest BCUT2D eigenvalue weighted by atomic mass is 10.2. The van der Waals surface area contributed by atoms with Gasteiger partial charge in [0.2, 0.25) is 0 Å². The first-order valence-electron chi connectivity index (χ1n) is 9.67. The van der Waals surface area contributed by atoms with E-state index in [-0.39, 0.29) is 0 Å². The summed E-state index contributed by atoms with van der Waals surface area (Å²) in [4.78, 5) is 7.32. The number of hydrogen-bond acceptors (Lipinski definition) is 3. The van der Waals surface area contributed by atoms with Crippen molar-refractivity contribution in [3.63, 3.8) is 0 Å². The van der Waals surface area contributed by atoms with Crippen LogP contribution in [0.4, 0.5) is 0 Å². The summed E-state index contributed by atoms with van der Waals surface area (Å²) in [5, 5.41) is 6.99. The van der Waals surface area contributed by atoms with Gasteiger partial charge in [0.25, 0.3) is 0 Å². The molecule has 2 heterocycles. The summed E-state index contributed by atoms with van der Waals surface area (Å²) in [5.41, 5.74) is 1.22. The largest absolute Gasteiger partial charge is 0.469 e. The van der Waals surface area contributed by atoms with Crippen LogP contribution < -0.4 is 10.6 Å². The molecule has 1 unspecified atom stereocenters. The van der Waals surface area contributed by atoms with Crippen LogP contribution in [0, 0.1) is 0 Å². The highest BCUT2D eigenvalue weighted by Crippen LogP contribution is 2.15. The Morgan fingerprint density at radius 3 is 2.85 bits per heavy atom. The second-order valence-electron chi connectivity index (χ2n) is 6.71. The van der Waals surface area contributed by atoms with Crippen molar-refractivity contribution in [1.29, 1.82) is 0 Å². The summed E-state index contributed by atoms with van der Waals surface area (Å²) < 4.78 is 5.41. The molecule has 1 saturated heterocycles. The van der Waals surface area contributed by atoms with Crippen molar-refractivity contribution in [2.45, 2.75) is 38.8 Å². The normalized spacial score (nSPS) is 18.2. The smallest absolute Gasteiger partial charge is 0.191 e. The minimum atomic E-state index is 0.605. The molecular formula is C21H30N4O. The summed E-state index contributed by atoms with van der Waals surface area (Å²) in [6.45, 7) is 6.99. The quantitative estimate of drug-likeness (QED) is 0.565. The number of rotatable bonds is 8. The summed E-state index contributed by atoms with van der Waals surface area (Å²) in [6.07, 6.45) is 5.13. The van der Waals surface area contributed by atoms with Gasteiger partial charge in [-0.05, 0) is 43.6 Å². The minimum Gasteiger partial charge on any atom is -0.469 e. The molecule has 0 radical (unpaired) electrons. The fraction of sp³-hybridized carbons (Fsp3) is 0.476. The Balaban J connectivity index is 1.54. The van der Waals surface area contributed by atoms with Gasteiger partial charge in [0.15, 0.2) is 5.96 Å². The van der Waals surface area contributed by atoms with Crippen LogP contribution in [0.15, 0.2) is 58.1 Å². The van der Waals surface area contributed by atoms with Crippen molar-refractivity contribution in [1.82, 2.24) is 15.5 Å². The van der Waals surface area contributed by atoms with E-state index in [1.807, 2.05) is 18.2 Å². The van der Waals surface area contributed by atoms with Crippen LogP contribution in [0.1, 0.15) is 31.1 Å². The van der Waals surface area contributed by atoms with Crippen LogP contribution in [-0.2, 0) is 13.0 Å². The highest BCUT2D eigenvalue weighted by molar-refractivity contribution is 5.79. The van der Waals surface area contributed by atoms with Gasteiger partial charge < -0.3 is 15.1 Å². The number of guanidine groups is 1. The highest BCUT2D eigenvalue weighted by Gasteiger charge is 2.22. The number of furan rings is 1. The number of likely N-dealkylation sites (N-methyl/N-ethyl adjacent to an activating group) is 1. The van der Waals surface area contributed by atoms with E-state index in [2.05, 4.69) is 46.7 Å². The Bertz CT molecular complexity index is 654. The van der Waals surface area contributed by atoms with Crippen LogP contribution in [-0.4, -0.2) is 43.1 Å². The summed E-state index contributed by atoms with van der Waals surface area (Å²) in [6, 6.07) is 14.9. The van der Waals surface area contributed by atoms with E-state index >= 15 is 0 Å². The molecule has 2 N–H and O–H groups in total. The monoisotopic (exact) mass is 354 g/mol. The maximum absolute atomic E-state index is 5.41. The molecule has 0 saturated carbocycles. The standard InChI is InChI=1S/C21H30N4O/c1-2-25-14-6-10-19(25)17-24-21(22-13-12-20-11-7-15-26-20)23-16-18-8-4-3-5-9-18/h3-5,7-9,11,15,19H,2,6,10,12-14,16-17H2,1H3,(H2,22,23,24). The average Bonchev–Trinajstić information content (AvgIpc) is 3.35. The maximum atomic E-state index is 5.41. The maximum Gasteiger partial charge on any atom is 0.191 e. The molecule has 0 spiro atoms. The number of nitrogens with zero attached hydrogens (tertiary/aromatic N) is 2. The lowest BCUT2D eigenvalue weighted by molar-refractivity contribution is 0.267. The van der Waals surface area contributed by atoms with Gasteiger partial charge in [0.05, 0.1) is 12.8 Å². The van der Waals surface area contributed by atoms with Crippen molar-refractivity contribution in [3.8, 4) is 0 Å². The Labute approximate surface area is 156 Å². The van der Waals surface area contributed by atoms with Crippen molar-refractivity contribution >= 4 is 5.96 Å². The van der Waals surface area contributed by atoms with Gasteiger partial charge in [-0.25, -0.2) is 4.99 Å². The number of aliphatic imine (C=N–C) groups is 1. The minimum absolute atomic E-state index is 0.605. The number of benzene rings is 1. The number of likely N-dealkylation sites (tertiary alicyclic amines) is 1. The number of hydrogen-bond donors (Lipinski definition) is 2. The molecule has 1 atom stereocenters. The Kier molecular flexibility index (Phi) is 7.14. The van der Waals surface area contributed by atoms with Crippen LogP contribution in [0.5, 0.6) is 0 Å². The zero-order valence-electron chi connectivity index (χ0n) is 15.7. The molecule has 3 rings (SSSR count). The first kappa shape index (κ1) is 18.5. The van der Waals surface area contributed by atoms with Gasteiger partial charge in [0.1, 0.15) is 5.76 Å². The third-order valence-corrected chi connectivity index (χ3v) is 4.92. The van der Waals surface area contributed by atoms with E-state index in [0.29, 0.717) is 12.6 Å². The molecule has 0 bridgehead atoms. The molecule has 1 aliphatic rings.